The number of hydrogen-bond acceptors (Lipinski definition) is 6. The van der Waals surface area contributed by atoms with Gasteiger partial charge in [0.25, 0.3) is 0 Å². The zero-order valence-electron chi connectivity index (χ0n) is 56.2. The summed E-state index contributed by atoms with van der Waals surface area (Å²) < 4.78 is 17.0. The zero-order valence-corrected chi connectivity index (χ0v) is 56.2. The number of esters is 3. The van der Waals surface area contributed by atoms with Gasteiger partial charge in [0.15, 0.2) is 6.10 Å². The van der Waals surface area contributed by atoms with Crippen molar-refractivity contribution >= 4 is 17.9 Å². The van der Waals surface area contributed by atoms with E-state index in [-0.39, 0.29) is 31.1 Å². The summed E-state index contributed by atoms with van der Waals surface area (Å²) in [6.07, 6.45) is 90.5. The maximum Gasteiger partial charge on any atom is 0.306 e. The van der Waals surface area contributed by atoms with Crippen molar-refractivity contribution < 1.29 is 28.6 Å². The summed E-state index contributed by atoms with van der Waals surface area (Å²) in [7, 11) is 0. The van der Waals surface area contributed by atoms with Crippen molar-refractivity contribution in [1.29, 1.82) is 0 Å². The van der Waals surface area contributed by atoms with Gasteiger partial charge in [0, 0.05) is 19.3 Å². The second kappa shape index (κ2) is 72.1. The number of carbonyl (C=O) groups is 3. The summed E-state index contributed by atoms with van der Waals surface area (Å²) in [6, 6.07) is 0. The Kier molecular flexibility index (Phi) is 70.0. The molecule has 0 aliphatic heterocycles. The van der Waals surface area contributed by atoms with E-state index in [0.29, 0.717) is 19.3 Å². The predicted octanol–water partition coefficient (Wildman–Crippen LogP) is 25.9. The number of allylic oxidation sites excluding steroid dienone is 6. The second-order valence-corrected chi connectivity index (χ2v) is 25.6. The van der Waals surface area contributed by atoms with E-state index in [4.69, 9.17) is 14.2 Å². The third-order valence-corrected chi connectivity index (χ3v) is 17.1. The first-order chi connectivity index (χ1) is 41.0. The van der Waals surface area contributed by atoms with Gasteiger partial charge >= 0.3 is 17.9 Å². The third-order valence-electron chi connectivity index (χ3n) is 17.1. The minimum Gasteiger partial charge on any atom is -0.462 e. The first kappa shape index (κ1) is 80.6. The lowest BCUT2D eigenvalue weighted by Crippen LogP contribution is -2.30. The molecule has 1 unspecified atom stereocenters. The monoisotopic (exact) mass is 1170 g/mol. The van der Waals surface area contributed by atoms with Gasteiger partial charge in [-0.1, -0.05) is 359 Å². The summed E-state index contributed by atoms with van der Waals surface area (Å²) in [4.78, 5) is 38.5. The van der Waals surface area contributed by atoms with E-state index in [1.54, 1.807) is 0 Å². The van der Waals surface area contributed by atoms with Crippen LogP contribution in [0, 0.1) is 0 Å². The molecule has 1 atom stereocenters. The summed E-state index contributed by atoms with van der Waals surface area (Å²) >= 11 is 0. The molecule has 0 aromatic carbocycles. The maximum atomic E-state index is 13.0. The molecular formula is C77H144O6. The molecule has 0 rings (SSSR count). The Morgan fingerprint density at radius 2 is 0.434 bits per heavy atom. The molecule has 83 heavy (non-hydrogen) atoms. The highest BCUT2D eigenvalue weighted by Crippen LogP contribution is 2.19. The molecule has 0 aliphatic rings. The summed E-state index contributed by atoms with van der Waals surface area (Å²) in [5.41, 5.74) is 0. The second-order valence-electron chi connectivity index (χ2n) is 25.6. The molecule has 0 saturated carbocycles. The van der Waals surface area contributed by atoms with Gasteiger partial charge in [-0.25, -0.2) is 0 Å². The Hall–Kier alpha value is -2.37. The highest BCUT2D eigenvalue weighted by atomic mass is 16.6. The fourth-order valence-corrected chi connectivity index (χ4v) is 11.5. The molecule has 0 N–H and O–H groups in total. The molecule has 0 radical (unpaired) electrons. The largest absolute Gasteiger partial charge is 0.462 e. The van der Waals surface area contributed by atoms with Crippen molar-refractivity contribution in [2.45, 2.75) is 425 Å². The molecule has 0 aromatic rings. The Balaban J connectivity index is 4.19. The SMILES string of the molecule is CCCCCCC/C=C\C/C=C\CCCCCCCCCCCC(=O)OC(COC(=O)CCCCCCC/C=C\CCCCCCC)COC(=O)CCCCCCCCCCCCCCCCCCCCCCCCCCCCCCCC. The lowest BCUT2D eigenvalue weighted by molar-refractivity contribution is -0.167. The van der Waals surface area contributed by atoms with Gasteiger partial charge in [-0.15, -0.1) is 0 Å². The van der Waals surface area contributed by atoms with Crippen molar-refractivity contribution in [1.82, 2.24) is 0 Å². The number of carbonyl (C=O) groups excluding carboxylic acids is 3. The fourth-order valence-electron chi connectivity index (χ4n) is 11.5. The molecule has 0 saturated heterocycles. The Morgan fingerprint density at radius 1 is 0.241 bits per heavy atom. The van der Waals surface area contributed by atoms with Gasteiger partial charge in [0.2, 0.25) is 0 Å². The maximum absolute atomic E-state index is 13.0. The smallest absolute Gasteiger partial charge is 0.306 e. The fraction of sp³-hybridized carbons (Fsp3) is 0.883. The van der Waals surface area contributed by atoms with Crippen LogP contribution in [0.5, 0.6) is 0 Å². The lowest BCUT2D eigenvalue weighted by Gasteiger charge is -2.18. The normalized spacial score (nSPS) is 12.2. The van der Waals surface area contributed by atoms with E-state index in [1.807, 2.05) is 0 Å². The van der Waals surface area contributed by atoms with Crippen molar-refractivity contribution in [2.24, 2.45) is 0 Å². The van der Waals surface area contributed by atoms with Crippen molar-refractivity contribution in [3.63, 3.8) is 0 Å². The topological polar surface area (TPSA) is 78.9 Å². The molecule has 0 heterocycles. The van der Waals surface area contributed by atoms with E-state index in [0.717, 1.165) is 70.6 Å². The molecular weight excluding hydrogens is 1020 g/mol. The Bertz CT molecular complexity index is 1380. The molecule has 0 amide bonds. The van der Waals surface area contributed by atoms with Crippen LogP contribution in [0.3, 0.4) is 0 Å². The van der Waals surface area contributed by atoms with Crippen molar-refractivity contribution in [2.75, 3.05) is 13.2 Å². The van der Waals surface area contributed by atoms with Crippen LogP contribution < -0.4 is 0 Å². The van der Waals surface area contributed by atoms with Crippen LogP contribution in [0.1, 0.15) is 419 Å². The predicted molar refractivity (Wildman–Crippen MR) is 362 cm³/mol. The van der Waals surface area contributed by atoms with Crippen LogP contribution in [-0.4, -0.2) is 37.2 Å². The van der Waals surface area contributed by atoms with Gasteiger partial charge in [-0.2, -0.15) is 0 Å². The molecule has 0 bridgehead atoms. The van der Waals surface area contributed by atoms with E-state index in [2.05, 4.69) is 57.2 Å². The Labute approximate surface area is 518 Å². The van der Waals surface area contributed by atoms with Crippen LogP contribution in [0.4, 0.5) is 0 Å². The molecule has 0 fully saturated rings. The molecule has 488 valence electrons. The quantitative estimate of drug-likeness (QED) is 0.0261. The van der Waals surface area contributed by atoms with E-state index in [1.165, 1.54) is 308 Å². The first-order valence-corrected chi connectivity index (χ1v) is 37.5. The van der Waals surface area contributed by atoms with Gasteiger partial charge in [-0.3, -0.25) is 14.4 Å². The standard InChI is InChI=1S/C77H144O6/c1-4-7-10-13-16-19-22-25-28-30-32-34-35-36-37-38-39-40-41-42-44-45-47-49-52-55-58-61-64-67-70-76(79)82-73-74(72-81-75(78)69-66-63-60-57-54-51-27-24-21-18-15-12-9-6-3)83-77(80)71-68-65-62-59-56-53-50-48-46-43-33-31-29-26-23-20-17-14-11-8-5-2/h23-24,26-27,31,33,74H,4-22,25,28-30,32,34-73H2,1-3H3/b26-23-,27-24-,33-31-. The van der Waals surface area contributed by atoms with Gasteiger partial charge in [0.05, 0.1) is 0 Å². The zero-order chi connectivity index (χ0) is 59.9. The van der Waals surface area contributed by atoms with Crippen LogP contribution in [0.2, 0.25) is 0 Å². The van der Waals surface area contributed by atoms with Gasteiger partial charge < -0.3 is 14.2 Å². The van der Waals surface area contributed by atoms with Crippen molar-refractivity contribution in [3.05, 3.63) is 36.5 Å². The molecule has 0 spiro atoms. The lowest BCUT2D eigenvalue weighted by atomic mass is 10.0. The molecule has 0 aliphatic carbocycles. The van der Waals surface area contributed by atoms with Crippen LogP contribution >= 0.6 is 0 Å². The van der Waals surface area contributed by atoms with Crippen LogP contribution in [-0.2, 0) is 28.6 Å². The average Bonchev–Trinajstić information content (AvgIpc) is 3.49. The van der Waals surface area contributed by atoms with E-state index >= 15 is 0 Å². The van der Waals surface area contributed by atoms with Crippen LogP contribution in [0.25, 0.3) is 0 Å². The Morgan fingerprint density at radius 3 is 0.675 bits per heavy atom. The number of unbranched alkanes of at least 4 members (excludes halogenated alkanes) is 53. The van der Waals surface area contributed by atoms with Crippen LogP contribution in [0.15, 0.2) is 36.5 Å². The minimum atomic E-state index is -0.777. The van der Waals surface area contributed by atoms with E-state index in [9.17, 15) is 14.4 Å². The molecule has 0 aromatic heterocycles. The summed E-state index contributed by atoms with van der Waals surface area (Å²) in [6.45, 7) is 6.69. The van der Waals surface area contributed by atoms with Crippen molar-refractivity contribution in [3.8, 4) is 0 Å². The van der Waals surface area contributed by atoms with Gasteiger partial charge in [-0.05, 0) is 77.0 Å². The molecule has 6 heteroatoms. The number of hydrogen-bond donors (Lipinski definition) is 0. The number of ether oxygens (including phenoxy) is 3. The molecule has 6 nitrogen and oxygen atoms in total. The summed E-state index contributed by atoms with van der Waals surface area (Å²) in [5, 5.41) is 0. The highest BCUT2D eigenvalue weighted by molar-refractivity contribution is 5.71. The summed E-state index contributed by atoms with van der Waals surface area (Å²) in [5.74, 6) is -0.855. The number of rotatable bonds is 70. The van der Waals surface area contributed by atoms with Gasteiger partial charge in [0.1, 0.15) is 13.2 Å². The minimum absolute atomic E-state index is 0.0717. The average molecular weight is 1170 g/mol. The highest BCUT2D eigenvalue weighted by Gasteiger charge is 2.20. The first-order valence-electron chi connectivity index (χ1n) is 37.5. The van der Waals surface area contributed by atoms with E-state index < -0.39 is 6.10 Å². The third kappa shape index (κ3) is 70.3.